The topological polar surface area (TPSA) is 78.9 Å². The normalized spacial score (nSPS) is 10.8. The largest absolute Gasteiger partial charge is 0.493 e. The molecule has 3 rings (SSSR count). The van der Waals surface area contributed by atoms with Crippen LogP contribution in [0.25, 0.3) is 10.8 Å². The molecule has 0 spiro atoms. The van der Waals surface area contributed by atoms with Crippen molar-refractivity contribution in [3.05, 3.63) is 71.8 Å². The molecular formula is C31H36O6. The number of Topliss-reactive ketones (excluding diaryl/α,β-unsaturated/α-hetero) is 1. The van der Waals surface area contributed by atoms with Crippen molar-refractivity contribution in [1.82, 2.24) is 0 Å². The van der Waals surface area contributed by atoms with E-state index in [0.717, 1.165) is 55.0 Å². The third-order valence-corrected chi connectivity index (χ3v) is 6.16. The predicted molar refractivity (Wildman–Crippen MR) is 144 cm³/mol. The lowest BCUT2D eigenvalue weighted by Gasteiger charge is -2.12. The number of carbonyl (C=O) groups excluding carboxylic acids is 3. The Morgan fingerprint density at radius 3 is 2.00 bits per heavy atom. The monoisotopic (exact) mass is 504 g/mol. The summed E-state index contributed by atoms with van der Waals surface area (Å²) >= 11 is 0. The summed E-state index contributed by atoms with van der Waals surface area (Å²) in [7, 11) is 0. The number of ketones is 1. The maximum absolute atomic E-state index is 12.9. The van der Waals surface area contributed by atoms with Crippen LogP contribution >= 0.6 is 0 Å². The second-order valence-electron chi connectivity index (χ2n) is 8.89. The minimum Gasteiger partial charge on any atom is -0.493 e. The number of carbonyl (C=O) groups is 3. The maximum Gasteiger partial charge on any atom is 0.344 e. The molecule has 6 nitrogen and oxygen atoms in total. The summed E-state index contributed by atoms with van der Waals surface area (Å²) < 4.78 is 16.7. The van der Waals surface area contributed by atoms with Crippen molar-refractivity contribution < 1.29 is 28.6 Å². The number of hydrogen-bond donors (Lipinski definition) is 0. The summed E-state index contributed by atoms with van der Waals surface area (Å²) in [4.78, 5) is 35.9. The molecule has 3 aromatic carbocycles. The smallest absolute Gasteiger partial charge is 0.344 e. The Bertz CT molecular complexity index is 1180. The molecule has 6 heteroatoms. The van der Waals surface area contributed by atoms with Crippen molar-refractivity contribution >= 4 is 28.5 Å². The highest BCUT2D eigenvalue weighted by Gasteiger charge is 2.15. The van der Waals surface area contributed by atoms with Gasteiger partial charge in [-0.15, -0.1) is 0 Å². The molecule has 0 atom stereocenters. The van der Waals surface area contributed by atoms with Crippen molar-refractivity contribution in [2.45, 2.75) is 65.2 Å². The zero-order valence-electron chi connectivity index (χ0n) is 21.8. The van der Waals surface area contributed by atoms with Gasteiger partial charge in [0, 0.05) is 23.8 Å². The van der Waals surface area contributed by atoms with E-state index in [2.05, 4.69) is 0 Å². The van der Waals surface area contributed by atoms with Gasteiger partial charge in [0.25, 0.3) is 0 Å². The molecular weight excluding hydrogens is 468 g/mol. The van der Waals surface area contributed by atoms with Crippen molar-refractivity contribution in [1.29, 1.82) is 0 Å². The fourth-order valence-corrected chi connectivity index (χ4v) is 4.03. The van der Waals surface area contributed by atoms with Crippen LogP contribution in [0.1, 0.15) is 85.9 Å². The first-order valence-corrected chi connectivity index (χ1v) is 13.2. The highest BCUT2D eigenvalue weighted by Crippen LogP contribution is 2.30. The maximum atomic E-state index is 12.9. The average molecular weight is 505 g/mol. The summed E-state index contributed by atoms with van der Waals surface area (Å²) in [5, 5.41) is 1.63. The van der Waals surface area contributed by atoms with E-state index in [-0.39, 0.29) is 11.8 Å². The van der Waals surface area contributed by atoms with Crippen molar-refractivity contribution in [2.24, 2.45) is 0 Å². The summed E-state index contributed by atoms with van der Waals surface area (Å²) in [5.41, 5.74) is 1.06. The van der Waals surface area contributed by atoms with Crippen LogP contribution < -0.4 is 9.47 Å². The number of unbranched alkanes of at least 4 members (excludes halogenated alkanes) is 5. The molecule has 0 fully saturated rings. The molecule has 0 N–H and O–H groups in total. The fraction of sp³-hybridized carbons (Fsp3) is 0.387. The molecule has 0 aliphatic heterocycles. The van der Waals surface area contributed by atoms with Crippen LogP contribution in [0, 0.1) is 0 Å². The van der Waals surface area contributed by atoms with E-state index in [4.69, 9.17) is 14.2 Å². The Balaban J connectivity index is 1.49. The first-order valence-electron chi connectivity index (χ1n) is 13.2. The number of benzene rings is 3. The Morgan fingerprint density at radius 2 is 1.32 bits per heavy atom. The summed E-state index contributed by atoms with van der Waals surface area (Å²) in [5.74, 6) is 0.592. The third-order valence-electron chi connectivity index (χ3n) is 6.16. The van der Waals surface area contributed by atoms with Crippen LogP contribution in [0.15, 0.2) is 60.7 Å². The number of rotatable bonds is 15. The quantitative estimate of drug-likeness (QED) is 0.0933. The molecule has 37 heavy (non-hydrogen) atoms. The van der Waals surface area contributed by atoms with Gasteiger partial charge in [0.05, 0.1) is 18.8 Å². The molecule has 0 unspecified atom stereocenters. The molecule has 0 saturated heterocycles. The van der Waals surface area contributed by atoms with Gasteiger partial charge in [0.1, 0.15) is 11.5 Å². The van der Waals surface area contributed by atoms with Gasteiger partial charge in [0.15, 0.2) is 5.78 Å². The minimum atomic E-state index is -0.457. The van der Waals surface area contributed by atoms with Crippen molar-refractivity contribution in [3.8, 4) is 11.5 Å². The lowest BCUT2D eigenvalue weighted by atomic mass is 10.0. The van der Waals surface area contributed by atoms with Gasteiger partial charge in [-0.3, -0.25) is 9.59 Å². The van der Waals surface area contributed by atoms with E-state index in [9.17, 15) is 14.4 Å². The van der Waals surface area contributed by atoms with Crippen molar-refractivity contribution in [2.75, 3.05) is 13.2 Å². The molecule has 0 aliphatic carbocycles. The van der Waals surface area contributed by atoms with Gasteiger partial charge >= 0.3 is 11.9 Å². The fourth-order valence-electron chi connectivity index (χ4n) is 4.03. The lowest BCUT2D eigenvalue weighted by molar-refractivity contribution is -0.143. The van der Waals surface area contributed by atoms with Crippen LogP contribution in [-0.4, -0.2) is 30.9 Å². The molecule has 0 radical (unpaired) electrons. The van der Waals surface area contributed by atoms with E-state index < -0.39 is 5.97 Å². The van der Waals surface area contributed by atoms with E-state index >= 15 is 0 Å². The number of esters is 2. The molecule has 0 amide bonds. The van der Waals surface area contributed by atoms with Gasteiger partial charge in [-0.2, -0.15) is 0 Å². The second-order valence-corrected chi connectivity index (χ2v) is 8.89. The van der Waals surface area contributed by atoms with Crippen LogP contribution in [0.4, 0.5) is 0 Å². The minimum absolute atomic E-state index is 0.0473. The Kier molecular flexibility index (Phi) is 11.2. The van der Waals surface area contributed by atoms with E-state index in [1.807, 2.05) is 37.3 Å². The van der Waals surface area contributed by atoms with Crippen LogP contribution in [0.5, 0.6) is 11.5 Å². The zero-order chi connectivity index (χ0) is 26.5. The molecule has 196 valence electrons. The van der Waals surface area contributed by atoms with Crippen LogP contribution in [-0.2, 0) is 9.53 Å². The summed E-state index contributed by atoms with van der Waals surface area (Å²) in [6.45, 7) is 4.73. The van der Waals surface area contributed by atoms with Gasteiger partial charge in [0.2, 0.25) is 0 Å². The molecule has 0 bridgehead atoms. The average Bonchev–Trinajstić information content (AvgIpc) is 2.93. The van der Waals surface area contributed by atoms with Gasteiger partial charge in [-0.25, -0.2) is 4.79 Å². The summed E-state index contributed by atoms with van der Waals surface area (Å²) in [6, 6.07) is 17.8. The summed E-state index contributed by atoms with van der Waals surface area (Å²) in [6.07, 6.45) is 7.07. The van der Waals surface area contributed by atoms with E-state index in [1.165, 1.54) is 0 Å². The standard InChI is InChI=1S/C31H36O6/c1-3-28(32)23-15-17-24(18-16-23)37-31(34)27-19-20-29(26-14-10-9-13-25(26)27)35-21-11-7-5-6-8-12-22-36-30(33)4-2/h9-10,13-20H,3-8,11-12,21-22H2,1-2H3. The van der Waals surface area contributed by atoms with Gasteiger partial charge in [-0.05, 0) is 54.6 Å². The van der Waals surface area contributed by atoms with E-state index in [1.54, 1.807) is 37.3 Å². The second kappa shape index (κ2) is 14.8. The number of ether oxygens (including phenoxy) is 3. The Morgan fingerprint density at radius 1 is 0.676 bits per heavy atom. The highest BCUT2D eigenvalue weighted by atomic mass is 16.5. The first kappa shape index (κ1) is 27.9. The Hall–Kier alpha value is -3.67. The molecule has 0 heterocycles. The molecule has 0 saturated carbocycles. The zero-order valence-corrected chi connectivity index (χ0v) is 21.8. The molecule has 3 aromatic rings. The van der Waals surface area contributed by atoms with Gasteiger partial charge < -0.3 is 14.2 Å². The SMILES string of the molecule is CCC(=O)OCCCCCCCCOc1ccc(C(=O)Oc2ccc(C(=O)CC)cc2)c2ccccc12. The highest BCUT2D eigenvalue weighted by molar-refractivity contribution is 6.07. The lowest BCUT2D eigenvalue weighted by Crippen LogP contribution is -2.10. The van der Waals surface area contributed by atoms with Crippen LogP contribution in [0.3, 0.4) is 0 Å². The first-order chi connectivity index (χ1) is 18.0. The Labute approximate surface area is 218 Å². The molecule has 0 aliphatic rings. The molecule has 0 aromatic heterocycles. The van der Waals surface area contributed by atoms with E-state index in [0.29, 0.717) is 42.9 Å². The third kappa shape index (κ3) is 8.45. The predicted octanol–water partition coefficient (Wildman–Crippen LogP) is 7.32. The van der Waals surface area contributed by atoms with Gasteiger partial charge in [-0.1, -0.05) is 63.8 Å². The number of fused-ring (bicyclic) bond motifs is 1. The van der Waals surface area contributed by atoms with Crippen molar-refractivity contribution in [3.63, 3.8) is 0 Å². The van der Waals surface area contributed by atoms with Crippen LogP contribution in [0.2, 0.25) is 0 Å². The number of hydrogen-bond acceptors (Lipinski definition) is 6.